The summed E-state index contributed by atoms with van der Waals surface area (Å²) in [6.07, 6.45) is 7.87. The molecular formula is C23H35ClN2O4. The molecule has 0 unspecified atom stereocenters. The Morgan fingerprint density at radius 2 is 1.93 bits per heavy atom. The van der Waals surface area contributed by atoms with E-state index in [1.54, 1.807) is 18.1 Å². The Kier molecular flexibility index (Phi) is 9.56. The smallest absolute Gasteiger partial charge is 0.410 e. The lowest BCUT2D eigenvalue weighted by atomic mass is 9.88. The number of pyridine rings is 1. The Balaban J connectivity index is 1.47. The van der Waals surface area contributed by atoms with Gasteiger partial charge in [0.2, 0.25) is 0 Å². The molecule has 0 atom stereocenters. The van der Waals surface area contributed by atoms with Crippen LogP contribution in [0.1, 0.15) is 71.3 Å². The number of aromatic nitrogens is 1. The van der Waals surface area contributed by atoms with Gasteiger partial charge in [0.1, 0.15) is 16.5 Å². The van der Waals surface area contributed by atoms with Crippen LogP contribution in [-0.4, -0.2) is 53.2 Å². The van der Waals surface area contributed by atoms with Gasteiger partial charge in [0, 0.05) is 38.7 Å². The van der Waals surface area contributed by atoms with Gasteiger partial charge in [-0.15, -0.1) is 0 Å². The molecule has 2 rings (SSSR count). The fourth-order valence-corrected chi connectivity index (χ4v) is 3.54. The van der Waals surface area contributed by atoms with Crippen LogP contribution in [0, 0.1) is 0 Å². The molecule has 0 aliphatic heterocycles. The van der Waals surface area contributed by atoms with Crippen LogP contribution in [0.4, 0.5) is 4.79 Å². The topological polar surface area (TPSA) is 68.7 Å². The number of unbranched alkanes of at least 4 members (excludes halogenated alkanes) is 2. The first-order chi connectivity index (χ1) is 14.2. The van der Waals surface area contributed by atoms with E-state index in [9.17, 15) is 9.59 Å². The number of ketones is 1. The molecule has 168 valence electrons. The number of amides is 1. The Morgan fingerprint density at radius 3 is 2.60 bits per heavy atom. The third kappa shape index (κ3) is 8.60. The minimum Gasteiger partial charge on any atom is -0.444 e. The molecule has 7 heteroatoms. The first kappa shape index (κ1) is 24.6. The Morgan fingerprint density at radius 1 is 1.20 bits per heavy atom. The van der Waals surface area contributed by atoms with Crippen LogP contribution in [0.5, 0.6) is 0 Å². The van der Waals surface area contributed by atoms with Crippen molar-refractivity contribution < 1.29 is 19.1 Å². The minimum absolute atomic E-state index is 0.191. The number of carbonyl (C=O) groups is 2. The number of nitrogens with zero attached hydrogens (tertiary/aromatic N) is 2. The van der Waals surface area contributed by atoms with Crippen molar-refractivity contribution in [3.05, 3.63) is 29.0 Å². The van der Waals surface area contributed by atoms with Crippen LogP contribution in [0.15, 0.2) is 18.3 Å². The Labute approximate surface area is 185 Å². The maximum atomic E-state index is 12.1. The summed E-state index contributed by atoms with van der Waals surface area (Å²) in [4.78, 5) is 29.8. The van der Waals surface area contributed by atoms with Gasteiger partial charge in [-0.1, -0.05) is 24.1 Å². The summed E-state index contributed by atoms with van der Waals surface area (Å²) in [5.74, 6) is 0.267. The van der Waals surface area contributed by atoms with Crippen LogP contribution in [0.2, 0.25) is 5.15 Å². The van der Waals surface area contributed by atoms with Crippen LogP contribution in [0.25, 0.3) is 0 Å². The molecule has 0 spiro atoms. The molecule has 0 N–H and O–H groups in total. The summed E-state index contributed by atoms with van der Waals surface area (Å²) < 4.78 is 11.3. The van der Waals surface area contributed by atoms with Crippen LogP contribution < -0.4 is 0 Å². The first-order valence-electron chi connectivity index (χ1n) is 10.8. The second kappa shape index (κ2) is 11.7. The van der Waals surface area contributed by atoms with E-state index in [1.165, 1.54) is 0 Å². The van der Waals surface area contributed by atoms with Gasteiger partial charge < -0.3 is 14.4 Å². The zero-order valence-corrected chi connectivity index (χ0v) is 19.4. The number of hydrogen-bond acceptors (Lipinski definition) is 5. The predicted octanol–water partition coefficient (Wildman–Crippen LogP) is 5.21. The zero-order chi connectivity index (χ0) is 22.1. The van der Waals surface area contributed by atoms with Gasteiger partial charge >= 0.3 is 6.09 Å². The van der Waals surface area contributed by atoms with E-state index >= 15 is 0 Å². The Bertz CT molecular complexity index is 699. The molecule has 0 aromatic carbocycles. The van der Waals surface area contributed by atoms with Gasteiger partial charge in [-0.25, -0.2) is 9.78 Å². The molecule has 0 radical (unpaired) electrons. The maximum Gasteiger partial charge on any atom is 0.410 e. The normalized spacial score (nSPS) is 18.6. The third-order valence-electron chi connectivity index (χ3n) is 5.26. The number of halogens is 1. The van der Waals surface area contributed by atoms with Crippen molar-refractivity contribution in [1.82, 2.24) is 9.88 Å². The lowest BCUT2D eigenvalue weighted by Crippen LogP contribution is -2.50. The summed E-state index contributed by atoms with van der Waals surface area (Å²) in [6.45, 7) is 6.31. The van der Waals surface area contributed by atoms with Crippen LogP contribution >= 0.6 is 11.6 Å². The highest BCUT2D eigenvalue weighted by molar-refractivity contribution is 6.30. The van der Waals surface area contributed by atoms with Crippen molar-refractivity contribution >= 4 is 23.5 Å². The molecule has 6 nitrogen and oxygen atoms in total. The lowest BCUT2D eigenvalue weighted by Gasteiger charge is -2.41. The average Bonchev–Trinajstić information content (AvgIpc) is 2.63. The standard InChI is InChI=1S/C23H35ClN2O4/c1-23(2,3)30-22(28)26(4)18-15-20(16-18)29-14-7-5-6-10-19(27)12-11-17-9-8-13-25-21(17)24/h8-9,13,18,20H,5-7,10-12,14-16H2,1-4H3. The molecule has 30 heavy (non-hydrogen) atoms. The molecule has 1 aliphatic rings. The third-order valence-corrected chi connectivity index (χ3v) is 5.60. The van der Waals surface area contributed by atoms with Crippen molar-refractivity contribution in [2.75, 3.05) is 13.7 Å². The van der Waals surface area contributed by atoms with E-state index in [-0.39, 0.29) is 24.0 Å². The quantitative estimate of drug-likeness (QED) is 0.350. The molecule has 1 amide bonds. The van der Waals surface area contributed by atoms with E-state index < -0.39 is 5.60 Å². The predicted molar refractivity (Wildman–Crippen MR) is 118 cm³/mol. The SMILES string of the molecule is CN(C(=O)OC(C)(C)C)C1CC(OCCCCCC(=O)CCc2cccnc2Cl)C1. The van der Waals surface area contributed by atoms with E-state index in [1.807, 2.05) is 32.9 Å². The van der Waals surface area contributed by atoms with E-state index in [0.717, 1.165) is 37.7 Å². The van der Waals surface area contributed by atoms with Crippen LogP contribution in [0.3, 0.4) is 0 Å². The van der Waals surface area contributed by atoms with Crippen molar-refractivity contribution in [1.29, 1.82) is 0 Å². The summed E-state index contributed by atoms with van der Waals surface area (Å²) in [7, 11) is 1.79. The summed E-state index contributed by atoms with van der Waals surface area (Å²) in [6, 6.07) is 3.94. The number of carbonyl (C=O) groups excluding carboxylic acids is 2. The van der Waals surface area contributed by atoms with Crippen molar-refractivity contribution in [2.45, 2.75) is 89.9 Å². The van der Waals surface area contributed by atoms with Gasteiger partial charge in [0.15, 0.2) is 0 Å². The molecule has 1 heterocycles. The highest BCUT2D eigenvalue weighted by Crippen LogP contribution is 2.29. The van der Waals surface area contributed by atoms with Gasteiger partial charge in [-0.3, -0.25) is 4.79 Å². The number of ether oxygens (including phenoxy) is 2. The van der Waals surface area contributed by atoms with Gasteiger partial charge in [0.25, 0.3) is 0 Å². The lowest BCUT2D eigenvalue weighted by molar-refractivity contribution is -0.119. The monoisotopic (exact) mass is 438 g/mol. The number of aryl methyl sites for hydroxylation is 1. The minimum atomic E-state index is -0.474. The molecule has 0 bridgehead atoms. The van der Waals surface area contributed by atoms with Crippen LogP contribution in [-0.2, 0) is 20.7 Å². The highest BCUT2D eigenvalue weighted by atomic mass is 35.5. The van der Waals surface area contributed by atoms with Crippen molar-refractivity contribution in [3.8, 4) is 0 Å². The molecule has 1 aromatic rings. The van der Waals surface area contributed by atoms with Crippen molar-refractivity contribution in [3.63, 3.8) is 0 Å². The van der Waals surface area contributed by atoms with Crippen molar-refractivity contribution in [2.24, 2.45) is 0 Å². The highest BCUT2D eigenvalue weighted by Gasteiger charge is 2.36. The number of rotatable bonds is 11. The molecule has 1 fully saturated rings. The van der Waals surface area contributed by atoms with Gasteiger partial charge in [0.05, 0.1) is 6.10 Å². The van der Waals surface area contributed by atoms with E-state index in [0.29, 0.717) is 31.0 Å². The van der Waals surface area contributed by atoms with E-state index in [2.05, 4.69) is 4.98 Å². The van der Waals surface area contributed by atoms with Gasteiger partial charge in [-0.05, 0) is 64.5 Å². The molecule has 1 aliphatic carbocycles. The summed E-state index contributed by atoms with van der Waals surface area (Å²) in [5, 5.41) is 0.484. The largest absolute Gasteiger partial charge is 0.444 e. The second-order valence-electron chi connectivity index (χ2n) is 9.01. The average molecular weight is 439 g/mol. The molecular weight excluding hydrogens is 404 g/mol. The molecule has 1 saturated carbocycles. The molecule has 1 aromatic heterocycles. The van der Waals surface area contributed by atoms with E-state index in [4.69, 9.17) is 21.1 Å². The number of hydrogen-bond donors (Lipinski definition) is 0. The zero-order valence-electron chi connectivity index (χ0n) is 18.7. The summed E-state index contributed by atoms with van der Waals surface area (Å²) in [5.41, 5.74) is 0.454. The fourth-order valence-electron chi connectivity index (χ4n) is 3.33. The summed E-state index contributed by atoms with van der Waals surface area (Å²) >= 11 is 6.02. The first-order valence-corrected chi connectivity index (χ1v) is 11.2. The molecule has 0 saturated heterocycles. The van der Waals surface area contributed by atoms with Gasteiger partial charge in [-0.2, -0.15) is 0 Å². The Hall–Kier alpha value is -1.66. The maximum absolute atomic E-state index is 12.1. The second-order valence-corrected chi connectivity index (χ2v) is 9.37. The number of Topliss-reactive ketones (excluding diaryl/α,β-unsaturated/α-hetero) is 1. The fraction of sp³-hybridized carbons (Fsp3) is 0.696.